The fourth-order valence-electron chi connectivity index (χ4n) is 4.96. The summed E-state index contributed by atoms with van der Waals surface area (Å²) in [6, 6.07) is 15.9. The van der Waals surface area contributed by atoms with Crippen LogP contribution in [0.4, 0.5) is 0 Å². The van der Waals surface area contributed by atoms with Crippen LogP contribution in [-0.4, -0.2) is 65.6 Å². The zero-order chi connectivity index (χ0) is 20.8. The molecule has 3 fully saturated rings. The van der Waals surface area contributed by atoms with Crippen molar-refractivity contribution in [1.29, 1.82) is 0 Å². The van der Waals surface area contributed by atoms with Crippen molar-refractivity contribution >= 4 is 11.8 Å². The van der Waals surface area contributed by atoms with E-state index in [9.17, 15) is 14.7 Å². The normalized spacial score (nSPS) is 25.5. The van der Waals surface area contributed by atoms with Gasteiger partial charge in [0.2, 0.25) is 11.8 Å². The SMILES string of the molecule is COc1cccc(-c2ccc([C@@H]3[C@@H](CO)N4C(=O)CN(C(=O)C5CC5)C[C@@H]34)cc2)c1. The first-order chi connectivity index (χ1) is 14.6. The Morgan fingerprint density at radius 2 is 1.90 bits per heavy atom. The molecule has 1 saturated carbocycles. The van der Waals surface area contributed by atoms with Crippen LogP contribution in [0.1, 0.15) is 24.3 Å². The summed E-state index contributed by atoms with van der Waals surface area (Å²) >= 11 is 0. The summed E-state index contributed by atoms with van der Waals surface area (Å²) < 4.78 is 5.32. The lowest BCUT2D eigenvalue weighted by atomic mass is 9.73. The molecule has 0 radical (unpaired) electrons. The highest BCUT2D eigenvalue weighted by Gasteiger charge is 2.55. The van der Waals surface area contributed by atoms with Crippen LogP contribution in [0.3, 0.4) is 0 Å². The Labute approximate surface area is 176 Å². The van der Waals surface area contributed by atoms with Gasteiger partial charge in [0.05, 0.1) is 32.3 Å². The number of rotatable bonds is 5. The third kappa shape index (κ3) is 3.16. The van der Waals surface area contributed by atoms with Crippen LogP contribution in [0.15, 0.2) is 48.5 Å². The van der Waals surface area contributed by atoms with Crippen molar-refractivity contribution in [1.82, 2.24) is 9.80 Å². The molecular formula is C24H26N2O4. The van der Waals surface area contributed by atoms with Gasteiger partial charge in [-0.3, -0.25) is 9.59 Å². The van der Waals surface area contributed by atoms with Crippen molar-refractivity contribution in [2.45, 2.75) is 30.8 Å². The highest BCUT2D eigenvalue weighted by atomic mass is 16.5. The van der Waals surface area contributed by atoms with Gasteiger partial charge in [0, 0.05) is 18.4 Å². The van der Waals surface area contributed by atoms with Gasteiger partial charge < -0.3 is 19.6 Å². The minimum absolute atomic E-state index is 0.0353. The minimum Gasteiger partial charge on any atom is -0.497 e. The number of hydrogen-bond acceptors (Lipinski definition) is 4. The third-order valence-corrected chi connectivity index (χ3v) is 6.69. The number of aliphatic hydroxyl groups excluding tert-OH is 1. The largest absolute Gasteiger partial charge is 0.497 e. The predicted octanol–water partition coefficient (Wildman–Crippen LogP) is 2.27. The number of carbonyl (C=O) groups excluding carboxylic acids is 2. The summed E-state index contributed by atoms with van der Waals surface area (Å²) in [6.07, 6.45) is 1.87. The molecule has 2 saturated heterocycles. The average Bonchev–Trinajstić information content (AvgIpc) is 3.60. The number of carbonyl (C=O) groups is 2. The zero-order valence-electron chi connectivity index (χ0n) is 17.0. The lowest BCUT2D eigenvalue weighted by molar-refractivity contribution is -0.167. The molecule has 1 aliphatic carbocycles. The number of ether oxygens (including phenoxy) is 1. The number of aliphatic hydroxyl groups is 1. The summed E-state index contributed by atoms with van der Waals surface area (Å²) in [5.74, 6) is 1.02. The molecule has 2 aliphatic heterocycles. The van der Waals surface area contributed by atoms with Crippen molar-refractivity contribution in [2.75, 3.05) is 26.8 Å². The van der Waals surface area contributed by atoms with Gasteiger partial charge in [0.25, 0.3) is 0 Å². The number of hydrogen-bond donors (Lipinski definition) is 1. The molecule has 156 valence electrons. The lowest BCUT2D eigenvalue weighted by Crippen LogP contribution is -2.73. The standard InChI is InChI=1S/C24H26N2O4/c1-30-19-4-2-3-18(11-19)15-5-7-16(8-6-15)23-20-12-25(24(29)17-9-10-17)13-22(28)26(20)21(23)14-27/h2-8,11,17,20-21,23,27H,9-10,12-14H2,1H3/t20-,21+,23-/m0/s1. The topological polar surface area (TPSA) is 70.1 Å². The maximum absolute atomic E-state index is 12.7. The molecule has 3 aliphatic rings. The minimum atomic E-state index is -0.219. The molecule has 2 aromatic rings. The molecule has 5 rings (SSSR count). The van der Waals surface area contributed by atoms with Crippen LogP contribution in [-0.2, 0) is 9.59 Å². The van der Waals surface area contributed by atoms with E-state index in [2.05, 4.69) is 24.3 Å². The van der Waals surface area contributed by atoms with E-state index in [1.54, 1.807) is 16.9 Å². The van der Waals surface area contributed by atoms with Crippen LogP contribution in [0, 0.1) is 5.92 Å². The van der Waals surface area contributed by atoms with Gasteiger partial charge in [-0.2, -0.15) is 0 Å². The van der Waals surface area contributed by atoms with Crippen LogP contribution >= 0.6 is 0 Å². The van der Waals surface area contributed by atoms with Crippen molar-refractivity contribution in [3.8, 4) is 16.9 Å². The molecule has 30 heavy (non-hydrogen) atoms. The lowest BCUT2D eigenvalue weighted by Gasteiger charge is -2.58. The fraction of sp³-hybridized carbons (Fsp3) is 0.417. The Hall–Kier alpha value is -2.86. The number of benzene rings is 2. The molecule has 0 bridgehead atoms. The second kappa shape index (κ2) is 7.43. The Kier molecular flexibility index (Phi) is 4.74. The van der Waals surface area contributed by atoms with Gasteiger partial charge in [-0.05, 0) is 41.7 Å². The first kappa shape index (κ1) is 19.1. The Morgan fingerprint density at radius 1 is 1.13 bits per heavy atom. The highest BCUT2D eigenvalue weighted by Crippen LogP contribution is 2.44. The van der Waals surface area contributed by atoms with Crippen LogP contribution in [0.5, 0.6) is 5.75 Å². The summed E-state index contributed by atoms with van der Waals surface area (Å²) in [4.78, 5) is 28.7. The van der Waals surface area contributed by atoms with Crippen LogP contribution in [0.2, 0.25) is 0 Å². The van der Waals surface area contributed by atoms with Crippen LogP contribution in [0.25, 0.3) is 11.1 Å². The van der Waals surface area contributed by atoms with E-state index in [1.807, 2.05) is 24.3 Å². The van der Waals surface area contributed by atoms with Crippen molar-refractivity contribution < 1.29 is 19.4 Å². The number of amides is 2. The van der Waals surface area contributed by atoms with Crippen molar-refractivity contribution in [2.24, 2.45) is 5.92 Å². The molecule has 3 atom stereocenters. The summed E-state index contributed by atoms with van der Waals surface area (Å²) in [6.45, 7) is 0.630. The van der Waals surface area contributed by atoms with Gasteiger partial charge in [-0.1, -0.05) is 36.4 Å². The third-order valence-electron chi connectivity index (χ3n) is 6.69. The van der Waals surface area contributed by atoms with Crippen LogP contribution < -0.4 is 4.74 Å². The Balaban J connectivity index is 1.38. The van der Waals surface area contributed by atoms with Gasteiger partial charge in [-0.15, -0.1) is 0 Å². The van der Waals surface area contributed by atoms with E-state index in [1.165, 1.54) is 0 Å². The smallest absolute Gasteiger partial charge is 0.242 e. The zero-order valence-corrected chi connectivity index (χ0v) is 17.0. The molecular weight excluding hydrogens is 380 g/mol. The number of methoxy groups -OCH3 is 1. The van der Waals surface area contributed by atoms with E-state index in [4.69, 9.17) is 4.74 Å². The molecule has 1 N–H and O–H groups in total. The Bertz CT molecular complexity index is 969. The summed E-state index contributed by atoms with van der Waals surface area (Å²) in [5.41, 5.74) is 3.25. The first-order valence-corrected chi connectivity index (χ1v) is 10.6. The second-order valence-corrected chi connectivity index (χ2v) is 8.49. The number of nitrogens with zero attached hydrogens (tertiary/aromatic N) is 2. The van der Waals surface area contributed by atoms with E-state index in [0.717, 1.165) is 35.3 Å². The molecule has 6 nitrogen and oxygen atoms in total. The number of piperazine rings is 1. The molecule has 0 aromatic heterocycles. The van der Waals surface area contributed by atoms with Gasteiger partial charge in [0.1, 0.15) is 5.75 Å². The molecule has 0 unspecified atom stereocenters. The van der Waals surface area contributed by atoms with Crippen molar-refractivity contribution in [3.05, 3.63) is 54.1 Å². The van der Waals surface area contributed by atoms with E-state index >= 15 is 0 Å². The van der Waals surface area contributed by atoms with E-state index in [-0.39, 0.29) is 48.9 Å². The van der Waals surface area contributed by atoms with Crippen molar-refractivity contribution in [3.63, 3.8) is 0 Å². The summed E-state index contributed by atoms with van der Waals surface area (Å²) in [7, 11) is 1.66. The molecule has 2 amide bonds. The molecule has 0 spiro atoms. The molecule has 6 heteroatoms. The average molecular weight is 406 g/mol. The summed E-state index contributed by atoms with van der Waals surface area (Å²) in [5, 5.41) is 9.95. The van der Waals surface area contributed by atoms with Gasteiger partial charge in [0.15, 0.2) is 0 Å². The first-order valence-electron chi connectivity index (χ1n) is 10.6. The quantitative estimate of drug-likeness (QED) is 0.827. The van der Waals surface area contributed by atoms with E-state index in [0.29, 0.717) is 6.54 Å². The van der Waals surface area contributed by atoms with E-state index < -0.39 is 0 Å². The van der Waals surface area contributed by atoms with Gasteiger partial charge in [-0.25, -0.2) is 0 Å². The predicted molar refractivity (Wildman–Crippen MR) is 112 cm³/mol. The fourth-order valence-corrected chi connectivity index (χ4v) is 4.96. The maximum Gasteiger partial charge on any atom is 0.242 e. The Morgan fingerprint density at radius 3 is 2.57 bits per heavy atom. The highest BCUT2D eigenvalue weighted by molar-refractivity contribution is 5.89. The number of fused-ring (bicyclic) bond motifs is 1. The second-order valence-electron chi connectivity index (χ2n) is 8.49. The maximum atomic E-state index is 12.7. The monoisotopic (exact) mass is 406 g/mol. The van der Waals surface area contributed by atoms with Gasteiger partial charge >= 0.3 is 0 Å². The molecule has 2 heterocycles. The molecule has 2 aromatic carbocycles.